The maximum atomic E-state index is 12.9. The van der Waals surface area contributed by atoms with Gasteiger partial charge in [0.1, 0.15) is 0 Å². The number of hydrogen-bond acceptors (Lipinski definition) is 5. The second-order valence-corrected chi connectivity index (χ2v) is 7.44. The van der Waals surface area contributed by atoms with Crippen LogP contribution in [0.2, 0.25) is 0 Å². The number of nitrogens with zero attached hydrogens (tertiary/aromatic N) is 4. The van der Waals surface area contributed by atoms with Gasteiger partial charge in [0.25, 0.3) is 11.5 Å². The van der Waals surface area contributed by atoms with Crippen LogP contribution in [-0.2, 0) is 13.1 Å². The van der Waals surface area contributed by atoms with Crippen molar-refractivity contribution in [1.29, 1.82) is 5.26 Å². The van der Waals surface area contributed by atoms with Gasteiger partial charge < -0.3 is 10.2 Å². The lowest BCUT2D eigenvalue weighted by Crippen LogP contribution is -2.32. The third-order valence-electron chi connectivity index (χ3n) is 5.46. The van der Waals surface area contributed by atoms with Gasteiger partial charge in [-0.1, -0.05) is 18.2 Å². The minimum Gasteiger partial charge on any atom is -0.346 e. The Bertz CT molecular complexity index is 1150. The Morgan fingerprint density at radius 2 is 1.73 bits per heavy atom. The lowest BCUT2D eigenvalue weighted by atomic mass is 10.1. The minimum absolute atomic E-state index is 0.105. The number of rotatable bonds is 6. The van der Waals surface area contributed by atoms with E-state index in [2.05, 4.69) is 15.3 Å². The van der Waals surface area contributed by atoms with Crippen molar-refractivity contribution in [3.05, 3.63) is 75.7 Å². The quantitative estimate of drug-likeness (QED) is 0.684. The van der Waals surface area contributed by atoms with Gasteiger partial charge in [-0.25, -0.2) is 4.68 Å². The van der Waals surface area contributed by atoms with Gasteiger partial charge in [-0.05, 0) is 56.3 Å². The monoisotopic (exact) mass is 401 g/mol. The SMILES string of the molecule is N#Cc1ccc(C(=O)NCc2nn(CCN3CCCC3)c(=O)c3ccccc23)cc1. The molecule has 0 unspecified atom stereocenters. The number of likely N-dealkylation sites (tertiary alicyclic amines) is 1. The van der Waals surface area contributed by atoms with E-state index in [0.717, 1.165) is 25.0 Å². The van der Waals surface area contributed by atoms with E-state index in [-0.39, 0.29) is 18.0 Å². The van der Waals surface area contributed by atoms with Crippen molar-refractivity contribution in [1.82, 2.24) is 20.0 Å². The number of benzene rings is 2. The zero-order chi connectivity index (χ0) is 20.9. The van der Waals surface area contributed by atoms with Gasteiger partial charge in [-0.2, -0.15) is 10.4 Å². The van der Waals surface area contributed by atoms with Crippen molar-refractivity contribution in [2.45, 2.75) is 25.9 Å². The van der Waals surface area contributed by atoms with Crippen molar-refractivity contribution >= 4 is 16.7 Å². The van der Waals surface area contributed by atoms with Crippen LogP contribution >= 0.6 is 0 Å². The molecule has 0 saturated carbocycles. The highest BCUT2D eigenvalue weighted by Gasteiger charge is 2.15. The molecule has 1 fully saturated rings. The molecule has 1 saturated heterocycles. The normalized spacial score (nSPS) is 14.0. The van der Waals surface area contributed by atoms with Crippen LogP contribution in [0.4, 0.5) is 0 Å². The average molecular weight is 401 g/mol. The van der Waals surface area contributed by atoms with Gasteiger partial charge in [0, 0.05) is 17.5 Å². The summed E-state index contributed by atoms with van der Waals surface area (Å²) in [6, 6.07) is 15.9. The Morgan fingerprint density at radius 1 is 1.03 bits per heavy atom. The van der Waals surface area contributed by atoms with Crippen LogP contribution in [-0.4, -0.2) is 40.2 Å². The van der Waals surface area contributed by atoms with E-state index in [1.807, 2.05) is 24.3 Å². The molecule has 1 aromatic heterocycles. The van der Waals surface area contributed by atoms with E-state index in [9.17, 15) is 9.59 Å². The fourth-order valence-electron chi connectivity index (χ4n) is 3.79. The number of hydrogen-bond donors (Lipinski definition) is 1. The summed E-state index contributed by atoms with van der Waals surface area (Å²) in [6.45, 7) is 3.66. The number of fused-ring (bicyclic) bond motifs is 1. The molecule has 1 amide bonds. The molecule has 7 heteroatoms. The number of nitriles is 1. The molecule has 0 spiro atoms. The number of carbonyl (C=O) groups excluding carboxylic acids is 1. The van der Waals surface area contributed by atoms with Gasteiger partial charge in [-0.15, -0.1) is 0 Å². The minimum atomic E-state index is -0.250. The number of aromatic nitrogens is 2. The van der Waals surface area contributed by atoms with E-state index in [1.165, 1.54) is 17.5 Å². The Balaban J connectivity index is 1.55. The molecule has 3 aromatic rings. The number of nitrogens with one attached hydrogen (secondary N) is 1. The van der Waals surface area contributed by atoms with Gasteiger partial charge in [0.15, 0.2) is 0 Å². The maximum absolute atomic E-state index is 12.9. The molecule has 30 heavy (non-hydrogen) atoms. The first kappa shape index (κ1) is 19.8. The third-order valence-corrected chi connectivity index (χ3v) is 5.46. The van der Waals surface area contributed by atoms with Crippen LogP contribution in [0.15, 0.2) is 53.3 Å². The van der Waals surface area contributed by atoms with Crippen LogP contribution in [0, 0.1) is 11.3 Å². The van der Waals surface area contributed by atoms with E-state index in [1.54, 1.807) is 30.3 Å². The molecule has 7 nitrogen and oxygen atoms in total. The van der Waals surface area contributed by atoms with Crippen molar-refractivity contribution in [2.75, 3.05) is 19.6 Å². The fraction of sp³-hybridized carbons (Fsp3) is 0.304. The van der Waals surface area contributed by atoms with Gasteiger partial charge in [0.2, 0.25) is 0 Å². The predicted octanol–water partition coefficient (Wildman–Crippen LogP) is 2.29. The lowest BCUT2D eigenvalue weighted by molar-refractivity contribution is 0.0950. The predicted molar refractivity (Wildman–Crippen MR) is 114 cm³/mol. The van der Waals surface area contributed by atoms with Crippen LogP contribution < -0.4 is 10.9 Å². The Morgan fingerprint density at radius 3 is 2.43 bits per heavy atom. The van der Waals surface area contributed by atoms with E-state index >= 15 is 0 Å². The largest absolute Gasteiger partial charge is 0.346 e. The topological polar surface area (TPSA) is 91.0 Å². The second-order valence-electron chi connectivity index (χ2n) is 7.44. The zero-order valence-corrected chi connectivity index (χ0v) is 16.7. The standard InChI is InChI=1S/C23H23N5O2/c24-15-17-7-9-18(10-8-17)22(29)25-16-21-19-5-1-2-6-20(19)23(30)28(26-21)14-13-27-11-3-4-12-27/h1-2,5-10H,3-4,11-14,16H2,(H,25,29). The van der Waals surface area contributed by atoms with Crippen LogP contribution in [0.3, 0.4) is 0 Å². The molecule has 1 aliphatic rings. The molecule has 0 radical (unpaired) electrons. The molecular formula is C23H23N5O2. The highest BCUT2D eigenvalue weighted by atomic mass is 16.1. The van der Waals surface area contributed by atoms with Gasteiger partial charge in [-0.3, -0.25) is 9.59 Å². The molecule has 1 aliphatic heterocycles. The summed E-state index contributed by atoms with van der Waals surface area (Å²) >= 11 is 0. The first-order chi connectivity index (χ1) is 14.7. The summed E-state index contributed by atoms with van der Waals surface area (Å²) in [5, 5.41) is 17.7. The second kappa shape index (κ2) is 8.89. The fourth-order valence-corrected chi connectivity index (χ4v) is 3.79. The van der Waals surface area contributed by atoms with Crippen molar-refractivity contribution in [3.63, 3.8) is 0 Å². The summed E-state index contributed by atoms with van der Waals surface area (Å²) in [5.41, 5.74) is 1.53. The first-order valence-corrected chi connectivity index (χ1v) is 10.1. The van der Waals surface area contributed by atoms with E-state index < -0.39 is 0 Å². The number of carbonyl (C=O) groups is 1. The summed E-state index contributed by atoms with van der Waals surface area (Å²) in [7, 11) is 0. The Hall–Kier alpha value is -3.50. The highest BCUT2D eigenvalue weighted by molar-refractivity contribution is 5.94. The smallest absolute Gasteiger partial charge is 0.274 e. The first-order valence-electron chi connectivity index (χ1n) is 10.1. The summed E-state index contributed by atoms with van der Waals surface area (Å²) < 4.78 is 1.52. The highest BCUT2D eigenvalue weighted by Crippen LogP contribution is 2.14. The molecule has 0 bridgehead atoms. The van der Waals surface area contributed by atoms with E-state index in [4.69, 9.17) is 5.26 Å². The summed E-state index contributed by atoms with van der Waals surface area (Å²) in [5.74, 6) is -0.250. The molecule has 0 atom stereocenters. The molecule has 4 rings (SSSR count). The number of amides is 1. The van der Waals surface area contributed by atoms with Crippen LogP contribution in [0.25, 0.3) is 10.8 Å². The van der Waals surface area contributed by atoms with Gasteiger partial charge >= 0.3 is 0 Å². The molecule has 2 heterocycles. The Labute approximate surface area is 174 Å². The zero-order valence-electron chi connectivity index (χ0n) is 16.7. The van der Waals surface area contributed by atoms with Crippen LogP contribution in [0.5, 0.6) is 0 Å². The van der Waals surface area contributed by atoms with Gasteiger partial charge in [0.05, 0.1) is 35.8 Å². The van der Waals surface area contributed by atoms with Crippen molar-refractivity contribution < 1.29 is 4.79 Å². The van der Waals surface area contributed by atoms with Crippen molar-refractivity contribution in [3.8, 4) is 6.07 Å². The lowest BCUT2D eigenvalue weighted by Gasteiger charge is -2.16. The Kier molecular flexibility index (Phi) is 5.87. The molecule has 2 aromatic carbocycles. The molecule has 152 valence electrons. The molecule has 0 aliphatic carbocycles. The maximum Gasteiger partial charge on any atom is 0.274 e. The summed E-state index contributed by atoms with van der Waals surface area (Å²) in [6.07, 6.45) is 2.40. The third kappa shape index (κ3) is 4.24. The average Bonchev–Trinajstić information content (AvgIpc) is 3.31. The summed E-state index contributed by atoms with van der Waals surface area (Å²) in [4.78, 5) is 27.7. The van der Waals surface area contributed by atoms with Crippen molar-refractivity contribution in [2.24, 2.45) is 0 Å². The molecule has 1 N–H and O–H groups in total. The van der Waals surface area contributed by atoms with Crippen LogP contribution in [0.1, 0.15) is 34.5 Å². The molecular weight excluding hydrogens is 378 g/mol. The van der Waals surface area contributed by atoms with E-state index in [0.29, 0.717) is 28.8 Å².